The molecule has 4 rings (SSSR count). The van der Waals surface area contributed by atoms with Gasteiger partial charge in [-0.05, 0) is 25.0 Å². The fourth-order valence-electron chi connectivity index (χ4n) is 3.72. The van der Waals surface area contributed by atoms with Gasteiger partial charge in [0.15, 0.2) is 0 Å². The molecule has 21 heavy (non-hydrogen) atoms. The van der Waals surface area contributed by atoms with E-state index in [1.54, 1.807) is 6.26 Å². The number of furan rings is 1. The van der Waals surface area contributed by atoms with Crippen molar-refractivity contribution in [2.24, 2.45) is 5.92 Å². The molecule has 0 spiro atoms. The summed E-state index contributed by atoms with van der Waals surface area (Å²) in [5, 5.41) is 0. The predicted molar refractivity (Wildman–Crippen MR) is 76.6 cm³/mol. The van der Waals surface area contributed by atoms with Gasteiger partial charge >= 0.3 is 0 Å². The Bertz CT molecular complexity index is 484. The highest BCUT2D eigenvalue weighted by Crippen LogP contribution is 2.35. The highest BCUT2D eigenvalue weighted by molar-refractivity contribution is 5.77. The molecule has 3 fully saturated rings. The molecule has 0 unspecified atom stereocenters. The van der Waals surface area contributed by atoms with Gasteiger partial charge in [0.2, 0.25) is 5.91 Å². The zero-order chi connectivity index (χ0) is 14.2. The van der Waals surface area contributed by atoms with Crippen molar-refractivity contribution < 1.29 is 13.9 Å². The summed E-state index contributed by atoms with van der Waals surface area (Å²) in [5.74, 6) is 1.87. The number of hydrogen-bond acceptors (Lipinski definition) is 4. The molecule has 3 aliphatic rings. The van der Waals surface area contributed by atoms with Crippen molar-refractivity contribution in [2.45, 2.75) is 38.0 Å². The third-order valence-electron chi connectivity index (χ3n) is 4.96. The van der Waals surface area contributed by atoms with Crippen LogP contribution in [0.2, 0.25) is 0 Å². The third kappa shape index (κ3) is 2.72. The lowest BCUT2D eigenvalue weighted by Crippen LogP contribution is -2.43. The third-order valence-corrected chi connectivity index (χ3v) is 4.96. The SMILES string of the molecule is O=C(C[C@@H]1C[C@H]2CN(Cc3ccco3)C[C@H]2O1)N1CCC1. The molecule has 0 radical (unpaired) electrons. The Morgan fingerprint density at radius 1 is 1.33 bits per heavy atom. The topological polar surface area (TPSA) is 45.9 Å². The van der Waals surface area contributed by atoms with E-state index < -0.39 is 0 Å². The van der Waals surface area contributed by atoms with E-state index in [2.05, 4.69) is 4.90 Å². The fourth-order valence-corrected chi connectivity index (χ4v) is 3.72. The monoisotopic (exact) mass is 290 g/mol. The smallest absolute Gasteiger partial charge is 0.225 e. The van der Waals surface area contributed by atoms with Crippen molar-refractivity contribution in [2.75, 3.05) is 26.2 Å². The summed E-state index contributed by atoms with van der Waals surface area (Å²) in [4.78, 5) is 16.3. The van der Waals surface area contributed by atoms with Crippen molar-refractivity contribution in [1.82, 2.24) is 9.80 Å². The molecule has 0 bridgehead atoms. The Morgan fingerprint density at radius 3 is 2.90 bits per heavy atom. The molecule has 0 aliphatic carbocycles. The van der Waals surface area contributed by atoms with Crippen LogP contribution in [-0.4, -0.2) is 54.1 Å². The molecule has 0 aromatic carbocycles. The number of hydrogen-bond donors (Lipinski definition) is 0. The van der Waals surface area contributed by atoms with Crippen LogP contribution in [0.5, 0.6) is 0 Å². The lowest BCUT2D eigenvalue weighted by Gasteiger charge is -2.31. The maximum atomic E-state index is 12.0. The summed E-state index contributed by atoms with van der Waals surface area (Å²) in [6.07, 6.45) is 4.92. The summed E-state index contributed by atoms with van der Waals surface area (Å²) in [7, 11) is 0. The quantitative estimate of drug-likeness (QED) is 0.843. The minimum Gasteiger partial charge on any atom is -0.468 e. The van der Waals surface area contributed by atoms with Crippen LogP contribution in [0.4, 0.5) is 0 Å². The second-order valence-electron chi connectivity index (χ2n) is 6.50. The second-order valence-corrected chi connectivity index (χ2v) is 6.50. The molecule has 5 heteroatoms. The van der Waals surface area contributed by atoms with E-state index in [1.807, 2.05) is 17.0 Å². The molecule has 4 heterocycles. The molecular weight excluding hydrogens is 268 g/mol. The fraction of sp³-hybridized carbons (Fsp3) is 0.688. The molecule has 0 N–H and O–H groups in total. The van der Waals surface area contributed by atoms with Gasteiger partial charge in [-0.1, -0.05) is 0 Å². The first-order valence-corrected chi connectivity index (χ1v) is 7.96. The van der Waals surface area contributed by atoms with Gasteiger partial charge in [-0.15, -0.1) is 0 Å². The van der Waals surface area contributed by atoms with Crippen LogP contribution in [-0.2, 0) is 16.1 Å². The first-order chi connectivity index (χ1) is 10.3. The number of nitrogens with zero attached hydrogens (tertiary/aromatic N) is 2. The highest BCUT2D eigenvalue weighted by Gasteiger charge is 2.42. The Hall–Kier alpha value is -1.33. The van der Waals surface area contributed by atoms with Gasteiger partial charge in [0.25, 0.3) is 0 Å². The summed E-state index contributed by atoms with van der Waals surface area (Å²) in [6.45, 7) is 4.75. The van der Waals surface area contributed by atoms with Gasteiger partial charge in [-0.25, -0.2) is 0 Å². The van der Waals surface area contributed by atoms with Gasteiger partial charge in [-0.3, -0.25) is 9.69 Å². The van der Waals surface area contributed by atoms with E-state index in [0.29, 0.717) is 18.4 Å². The van der Waals surface area contributed by atoms with Crippen LogP contribution >= 0.6 is 0 Å². The molecular formula is C16H22N2O3. The molecule has 1 aromatic rings. The minimum atomic E-state index is 0.138. The van der Waals surface area contributed by atoms with Gasteiger partial charge in [-0.2, -0.15) is 0 Å². The van der Waals surface area contributed by atoms with Crippen LogP contribution in [0.25, 0.3) is 0 Å². The van der Waals surface area contributed by atoms with E-state index >= 15 is 0 Å². The van der Waals surface area contributed by atoms with Crippen molar-refractivity contribution in [3.05, 3.63) is 24.2 Å². The predicted octanol–water partition coefficient (Wildman–Crippen LogP) is 1.49. The van der Waals surface area contributed by atoms with Crippen LogP contribution in [0, 0.1) is 5.92 Å². The molecule has 3 atom stereocenters. The van der Waals surface area contributed by atoms with Crippen molar-refractivity contribution in [3.63, 3.8) is 0 Å². The van der Waals surface area contributed by atoms with Gasteiger partial charge < -0.3 is 14.1 Å². The molecule has 1 aromatic heterocycles. The zero-order valence-corrected chi connectivity index (χ0v) is 12.2. The Balaban J connectivity index is 1.26. The highest BCUT2D eigenvalue weighted by atomic mass is 16.5. The van der Waals surface area contributed by atoms with Gasteiger partial charge in [0, 0.05) is 32.1 Å². The Kier molecular flexibility index (Phi) is 3.47. The largest absolute Gasteiger partial charge is 0.468 e. The minimum absolute atomic E-state index is 0.138. The van der Waals surface area contributed by atoms with E-state index in [-0.39, 0.29) is 12.0 Å². The molecule has 3 saturated heterocycles. The van der Waals surface area contributed by atoms with Gasteiger partial charge in [0.1, 0.15) is 5.76 Å². The Morgan fingerprint density at radius 2 is 2.24 bits per heavy atom. The van der Waals surface area contributed by atoms with E-state index in [9.17, 15) is 4.79 Å². The molecule has 1 amide bonds. The number of likely N-dealkylation sites (tertiary alicyclic amines) is 2. The summed E-state index contributed by atoms with van der Waals surface area (Å²) < 4.78 is 11.5. The first-order valence-electron chi connectivity index (χ1n) is 7.96. The van der Waals surface area contributed by atoms with Crippen LogP contribution in [0.3, 0.4) is 0 Å². The molecule has 5 nitrogen and oxygen atoms in total. The summed E-state index contributed by atoms with van der Waals surface area (Å²) >= 11 is 0. The molecule has 3 aliphatic heterocycles. The zero-order valence-electron chi connectivity index (χ0n) is 12.2. The van der Waals surface area contributed by atoms with Gasteiger partial charge in [0.05, 0.1) is 31.4 Å². The maximum absolute atomic E-state index is 12.0. The number of carbonyl (C=O) groups is 1. The number of ether oxygens (including phenoxy) is 1. The standard InChI is InChI=1S/C16H22N2O3/c19-16(18-4-2-5-18)8-14-7-12-9-17(11-15(12)21-14)10-13-3-1-6-20-13/h1,3,6,12,14-15H,2,4-5,7-11H2/t12-,14-,15+/m0/s1. The lowest BCUT2D eigenvalue weighted by molar-refractivity contribution is -0.137. The van der Waals surface area contributed by atoms with Crippen LogP contribution < -0.4 is 0 Å². The average Bonchev–Trinajstić information content (AvgIpc) is 3.03. The van der Waals surface area contributed by atoms with Crippen LogP contribution in [0.1, 0.15) is 25.0 Å². The molecule has 114 valence electrons. The number of carbonyl (C=O) groups excluding carboxylic acids is 1. The second kappa shape index (κ2) is 5.46. The number of fused-ring (bicyclic) bond motifs is 1. The van der Waals surface area contributed by atoms with Crippen molar-refractivity contribution in [1.29, 1.82) is 0 Å². The first kappa shape index (κ1) is 13.3. The summed E-state index contributed by atoms with van der Waals surface area (Å²) in [6, 6.07) is 3.95. The lowest BCUT2D eigenvalue weighted by atomic mass is 10.0. The van der Waals surface area contributed by atoms with Crippen molar-refractivity contribution in [3.8, 4) is 0 Å². The van der Waals surface area contributed by atoms with Crippen molar-refractivity contribution >= 4 is 5.91 Å². The maximum Gasteiger partial charge on any atom is 0.225 e. The Labute approximate surface area is 124 Å². The summed E-state index contributed by atoms with van der Waals surface area (Å²) in [5.41, 5.74) is 0. The average molecular weight is 290 g/mol. The normalized spacial score (nSPS) is 32.2. The molecule has 0 saturated carbocycles. The number of rotatable bonds is 4. The van der Waals surface area contributed by atoms with E-state index in [4.69, 9.17) is 9.15 Å². The van der Waals surface area contributed by atoms with E-state index in [1.165, 1.54) is 0 Å². The number of amides is 1. The van der Waals surface area contributed by atoms with E-state index in [0.717, 1.165) is 51.3 Å². The van der Waals surface area contributed by atoms with Crippen LogP contribution in [0.15, 0.2) is 22.8 Å².